The first kappa shape index (κ1) is 27.8. The number of likely N-dealkylation sites (N-methyl/N-ethyl adjacent to an activating group) is 1. The third kappa shape index (κ3) is 7.22. The second-order valence-corrected chi connectivity index (χ2v) is 9.34. The molecule has 208 valence electrons. The van der Waals surface area contributed by atoms with Crippen LogP contribution in [0.1, 0.15) is 26.7 Å². The maximum absolute atomic E-state index is 10.6. The molecular formula is C25H28F3N7O4. The van der Waals surface area contributed by atoms with Crippen LogP contribution in [0.15, 0.2) is 41.1 Å². The molecule has 1 fully saturated rings. The molecule has 3 aromatic heterocycles. The maximum atomic E-state index is 10.6. The number of nitrogens with one attached hydrogen (secondary N) is 2. The molecule has 0 amide bonds. The number of rotatable bonds is 6. The average Bonchev–Trinajstić information content (AvgIpc) is 3.50. The van der Waals surface area contributed by atoms with E-state index in [1.807, 2.05) is 44.3 Å². The van der Waals surface area contributed by atoms with Gasteiger partial charge in [-0.2, -0.15) is 18.2 Å². The van der Waals surface area contributed by atoms with Crippen molar-refractivity contribution in [1.82, 2.24) is 30.0 Å². The van der Waals surface area contributed by atoms with Crippen LogP contribution in [0.2, 0.25) is 0 Å². The highest BCUT2D eigenvalue weighted by atomic mass is 19.4. The summed E-state index contributed by atoms with van der Waals surface area (Å²) in [6, 6.07) is 8.40. The number of ether oxygens (including phenoxy) is 1. The normalized spacial score (nSPS) is 16.1. The monoisotopic (exact) mass is 547 g/mol. The Labute approximate surface area is 221 Å². The number of halogens is 3. The molecule has 1 unspecified atom stereocenters. The molecule has 0 spiro atoms. The Morgan fingerprint density at radius 1 is 1.28 bits per heavy atom. The maximum Gasteiger partial charge on any atom is 0.490 e. The lowest BCUT2D eigenvalue weighted by Gasteiger charge is -2.29. The smallest absolute Gasteiger partial charge is 0.475 e. The van der Waals surface area contributed by atoms with Gasteiger partial charge in [0.05, 0.1) is 0 Å². The minimum atomic E-state index is -5.08. The number of benzene rings is 1. The number of hydrogen-bond acceptors (Lipinski definition) is 9. The van der Waals surface area contributed by atoms with E-state index >= 15 is 0 Å². The molecule has 3 N–H and O–H groups in total. The summed E-state index contributed by atoms with van der Waals surface area (Å²) in [5, 5.41) is 19.5. The number of hydrogen-bond donors (Lipinski definition) is 3. The zero-order valence-corrected chi connectivity index (χ0v) is 21.5. The van der Waals surface area contributed by atoms with Crippen molar-refractivity contribution in [2.45, 2.75) is 45.0 Å². The van der Waals surface area contributed by atoms with Crippen molar-refractivity contribution in [3.8, 4) is 28.7 Å². The number of aliphatic carboxylic acids is 1. The molecule has 5 rings (SSSR count). The van der Waals surface area contributed by atoms with Crippen LogP contribution in [0.5, 0.6) is 5.88 Å². The number of H-pyrrole nitrogens is 1. The summed E-state index contributed by atoms with van der Waals surface area (Å²) in [7, 11) is 2.12. The molecule has 14 heteroatoms. The predicted octanol–water partition coefficient (Wildman–Crippen LogP) is 4.60. The number of alkyl halides is 3. The fourth-order valence-electron chi connectivity index (χ4n) is 4.01. The van der Waals surface area contributed by atoms with Crippen LogP contribution in [-0.2, 0) is 4.79 Å². The van der Waals surface area contributed by atoms with E-state index in [4.69, 9.17) is 24.0 Å². The first-order valence-corrected chi connectivity index (χ1v) is 12.2. The lowest BCUT2D eigenvalue weighted by molar-refractivity contribution is -0.192. The number of piperidine rings is 1. The highest BCUT2D eigenvalue weighted by Gasteiger charge is 2.38. The molecule has 1 aliphatic heterocycles. The van der Waals surface area contributed by atoms with Crippen molar-refractivity contribution >= 4 is 22.9 Å². The molecule has 0 radical (unpaired) electrons. The Morgan fingerprint density at radius 3 is 2.74 bits per heavy atom. The number of aromatic amines is 1. The molecule has 4 heterocycles. The summed E-state index contributed by atoms with van der Waals surface area (Å²) in [5.41, 5.74) is 2.71. The number of carbonyl (C=O) groups is 1. The number of aromatic nitrogens is 5. The van der Waals surface area contributed by atoms with E-state index in [1.54, 1.807) is 6.20 Å². The molecule has 1 saturated heterocycles. The van der Waals surface area contributed by atoms with Crippen LogP contribution >= 0.6 is 0 Å². The number of likely N-dealkylation sites (tertiary alicyclic amines) is 1. The Morgan fingerprint density at radius 2 is 2.05 bits per heavy atom. The van der Waals surface area contributed by atoms with Gasteiger partial charge in [-0.25, -0.2) is 9.78 Å². The second-order valence-electron chi connectivity index (χ2n) is 9.34. The lowest BCUT2D eigenvalue weighted by atomic mass is 10.1. The van der Waals surface area contributed by atoms with E-state index in [0.717, 1.165) is 48.0 Å². The largest absolute Gasteiger partial charge is 0.490 e. The molecule has 1 aliphatic rings. The lowest BCUT2D eigenvalue weighted by Crippen LogP contribution is -2.38. The van der Waals surface area contributed by atoms with Gasteiger partial charge in [-0.3, -0.25) is 0 Å². The standard InChI is InChI=1S/C23H27N7O2.C2HF3O2/c1-14(2)26-23-29-28-22(32-23)15-6-7-19-17(11-15)18(12-25-19)21-24-9-8-20(27-21)31-16-5-4-10-30(3)13-16;3-2(4,5)1(6)7/h6-9,11-12,14,16,25H,4-5,10,13H2,1-3H3,(H,26,29);(H,6,7). The quantitative estimate of drug-likeness (QED) is 0.313. The SMILES string of the molecule is CC(C)Nc1nnc(-c2ccc3[nH]cc(-c4nccc(OC5CCCN(C)C5)n4)c3c2)o1.O=C(O)C(F)(F)F. The Kier molecular flexibility index (Phi) is 8.33. The van der Waals surface area contributed by atoms with Crippen LogP contribution in [0.25, 0.3) is 33.7 Å². The second kappa shape index (κ2) is 11.7. The van der Waals surface area contributed by atoms with Crippen LogP contribution < -0.4 is 10.1 Å². The van der Waals surface area contributed by atoms with Crippen molar-refractivity contribution in [2.24, 2.45) is 0 Å². The summed E-state index contributed by atoms with van der Waals surface area (Å²) >= 11 is 0. The first-order chi connectivity index (χ1) is 18.5. The average molecular weight is 548 g/mol. The minimum Gasteiger partial charge on any atom is -0.475 e. The fraction of sp³-hybridized carbons (Fsp3) is 0.400. The molecule has 1 atom stereocenters. The van der Waals surface area contributed by atoms with Crippen molar-refractivity contribution < 1.29 is 32.2 Å². The van der Waals surface area contributed by atoms with E-state index in [9.17, 15) is 13.2 Å². The number of nitrogens with zero attached hydrogens (tertiary/aromatic N) is 5. The summed E-state index contributed by atoms with van der Waals surface area (Å²) in [4.78, 5) is 23.7. The number of carboxylic acid groups (broad SMARTS) is 1. The molecule has 11 nitrogen and oxygen atoms in total. The van der Waals surface area contributed by atoms with Gasteiger partial charge < -0.3 is 29.5 Å². The Hall–Kier alpha value is -4.20. The summed E-state index contributed by atoms with van der Waals surface area (Å²) < 4.78 is 43.7. The zero-order valence-electron chi connectivity index (χ0n) is 21.5. The van der Waals surface area contributed by atoms with Crippen molar-refractivity contribution in [3.63, 3.8) is 0 Å². The topological polar surface area (TPSA) is 142 Å². The van der Waals surface area contributed by atoms with Crippen molar-refractivity contribution in [3.05, 3.63) is 36.7 Å². The molecule has 39 heavy (non-hydrogen) atoms. The fourth-order valence-corrected chi connectivity index (χ4v) is 4.01. The van der Waals surface area contributed by atoms with Crippen molar-refractivity contribution in [1.29, 1.82) is 0 Å². The van der Waals surface area contributed by atoms with Gasteiger partial charge in [0.1, 0.15) is 6.10 Å². The van der Waals surface area contributed by atoms with Gasteiger partial charge in [0.2, 0.25) is 11.8 Å². The highest BCUT2D eigenvalue weighted by molar-refractivity contribution is 5.96. The van der Waals surface area contributed by atoms with Gasteiger partial charge in [0.25, 0.3) is 0 Å². The van der Waals surface area contributed by atoms with Gasteiger partial charge in [-0.05, 0) is 58.5 Å². The Bertz CT molecular complexity index is 1420. The van der Waals surface area contributed by atoms with E-state index in [-0.39, 0.29) is 12.1 Å². The van der Waals surface area contributed by atoms with Crippen molar-refractivity contribution in [2.75, 3.05) is 25.5 Å². The van der Waals surface area contributed by atoms with Crippen LogP contribution in [0.4, 0.5) is 19.2 Å². The van der Waals surface area contributed by atoms with E-state index < -0.39 is 12.1 Å². The third-order valence-electron chi connectivity index (χ3n) is 5.75. The third-order valence-corrected chi connectivity index (χ3v) is 5.75. The van der Waals surface area contributed by atoms with Crippen LogP contribution in [0.3, 0.4) is 0 Å². The minimum absolute atomic E-state index is 0.150. The summed E-state index contributed by atoms with van der Waals surface area (Å²) in [6.45, 7) is 6.06. The molecular weight excluding hydrogens is 519 g/mol. The van der Waals surface area contributed by atoms with Gasteiger partial charge in [0.15, 0.2) is 5.82 Å². The predicted molar refractivity (Wildman–Crippen MR) is 136 cm³/mol. The number of anilines is 1. The molecule has 1 aromatic carbocycles. The molecule has 0 bridgehead atoms. The van der Waals surface area contributed by atoms with Gasteiger partial charge >= 0.3 is 18.2 Å². The van der Waals surface area contributed by atoms with Gasteiger partial charge in [0, 0.05) is 53.1 Å². The number of carboxylic acids is 1. The Balaban J connectivity index is 0.000000448. The molecule has 0 saturated carbocycles. The summed E-state index contributed by atoms with van der Waals surface area (Å²) in [6.07, 6.45) is 0.903. The first-order valence-electron chi connectivity index (χ1n) is 12.2. The van der Waals surface area contributed by atoms with Crippen LogP contribution in [0, 0.1) is 0 Å². The van der Waals surface area contributed by atoms with Gasteiger partial charge in [-0.1, -0.05) is 5.10 Å². The summed E-state index contributed by atoms with van der Waals surface area (Å²) in [5.74, 6) is -1.08. The van der Waals surface area contributed by atoms with E-state index in [0.29, 0.717) is 23.6 Å². The zero-order chi connectivity index (χ0) is 28.2. The van der Waals surface area contributed by atoms with E-state index in [1.165, 1.54) is 0 Å². The highest BCUT2D eigenvalue weighted by Crippen LogP contribution is 2.31. The van der Waals surface area contributed by atoms with E-state index in [2.05, 4.69) is 37.4 Å². The van der Waals surface area contributed by atoms with Crippen LogP contribution in [-0.4, -0.2) is 79.6 Å². The molecule has 0 aliphatic carbocycles. The molecule has 4 aromatic rings. The van der Waals surface area contributed by atoms with Gasteiger partial charge in [-0.15, -0.1) is 5.10 Å². The number of fused-ring (bicyclic) bond motifs is 1.